The van der Waals surface area contributed by atoms with Crippen molar-refractivity contribution in [1.29, 1.82) is 0 Å². The lowest BCUT2D eigenvalue weighted by Gasteiger charge is -2.03. The van der Waals surface area contributed by atoms with Crippen LogP contribution in [0.4, 0.5) is 0 Å². The zero-order valence-corrected chi connectivity index (χ0v) is 12.5. The van der Waals surface area contributed by atoms with Crippen LogP contribution in [-0.2, 0) is 6.54 Å². The van der Waals surface area contributed by atoms with Crippen LogP contribution in [0.2, 0.25) is 5.02 Å². The lowest BCUT2D eigenvalue weighted by atomic mass is 10.2. The number of benzene rings is 2. The number of amides is 1. The van der Waals surface area contributed by atoms with Gasteiger partial charge in [0.05, 0.1) is 0 Å². The molecule has 110 valence electrons. The number of hydrogen-bond acceptors (Lipinski definition) is 2. The van der Waals surface area contributed by atoms with E-state index in [-0.39, 0.29) is 5.91 Å². The van der Waals surface area contributed by atoms with Crippen LogP contribution in [-0.4, -0.2) is 5.91 Å². The Labute approximate surface area is 133 Å². The van der Waals surface area contributed by atoms with Crippen molar-refractivity contribution >= 4 is 17.5 Å². The molecule has 0 saturated heterocycles. The average molecular weight is 312 g/mol. The first-order valence-electron chi connectivity index (χ1n) is 6.90. The van der Waals surface area contributed by atoms with Crippen LogP contribution in [0.25, 0.3) is 11.3 Å². The van der Waals surface area contributed by atoms with E-state index in [1.807, 2.05) is 42.5 Å². The molecule has 3 rings (SSSR count). The quantitative estimate of drug-likeness (QED) is 0.769. The topological polar surface area (TPSA) is 42.2 Å². The maximum Gasteiger partial charge on any atom is 0.287 e. The number of furan rings is 1. The first-order chi connectivity index (χ1) is 10.7. The smallest absolute Gasteiger partial charge is 0.287 e. The summed E-state index contributed by atoms with van der Waals surface area (Å²) in [4.78, 5) is 12.1. The summed E-state index contributed by atoms with van der Waals surface area (Å²) in [5.41, 5.74) is 1.92. The van der Waals surface area contributed by atoms with Crippen LogP contribution in [0.15, 0.2) is 71.1 Å². The average Bonchev–Trinajstić information content (AvgIpc) is 3.04. The normalized spacial score (nSPS) is 10.4. The van der Waals surface area contributed by atoms with Crippen LogP contribution in [0, 0.1) is 0 Å². The summed E-state index contributed by atoms with van der Waals surface area (Å²) in [7, 11) is 0. The Kier molecular flexibility index (Phi) is 4.26. The van der Waals surface area contributed by atoms with Crippen molar-refractivity contribution in [1.82, 2.24) is 5.32 Å². The van der Waals surface area contributed by atoms with Gasteiger partial charge in [0.25, 0.3) is 5.91 Å². The summed E-state index contributed by atoms with van der Waals surface area (Å²) in [6.07, 6.45) is 0. The highest BCUT2D eigenvalue weighted by atomic mass is 35.5. The Morgan fingerprint density at radius 2 is 1.68 bits per heavy atom. The van der Waals surface area contributed by atoms with E-state index in [4.69, 9.17) is 16.0 Å². The predicted molar refractivity (Wildman–Crippen MR) is 86.8 cm³/mol. The third-order valence-electron chi connectivity index (χ3n) is 3.25. The maximum absolute atomic E-state index is 12.1. The number of halogens is 1. The zero-order valence-electron chi connectivity index (χ0n) is 11.8. The number of rotatable bonds is 4. The fourth-order valence-corrected chi connectivity index (χ4v) is 2.22. The van der Waals surface area contributed by atoms with Crippen LogP contribution in [0.3, 0.4) is 0 Å². The van der Waals surface area contributed by atoms with Crippen LogP contribution < -0.4 is 5.32 Å². The van der Waals surface area contributed by atoms with Gasteiger partial charge in [-0.25, -0.2) is 0 Å². The molecule has 0 spiro atoms. The molecule has 0 bridgehead atoms. The molecule has 2 aromatic carbocycles. The van der Waals surface area contributed by atoms with E-state index in [0.29, 0.717) is 23.1 Å². The summed E-state index contributed by atoms with van der Waals surface area (Å²) in [5.74, 6) is 0.700. The van der Waals surface area contributed by atoms with Crippen LogP contribution in [0.1, 0.15) is 16.1 Å². The molecule has 0 aliphatic heterocycles. The van der Waals surface area contributed by atoms with E-state index in [1.54, 1.807) is 24.3 Å². The van der Waals surface area contributed by atoms with Crippen LogP contribution in [0.5, 0.6) is 0 Å². The number of carbonyl (C=O) groups is 1. The summed E-state index contributed by atoms with van der Waals surface area (Å²) >= 11 is 5.86. The Morgan fingerprint density at radius 3 is 2.41 bits per heavy atom. The highest BCUT2D eigenvalue weighted by Gasteiger charge is 2.11. The van der Waals surface area contributed by atoms with Crippen LogP contribution >= 0.6 is 11.6 Å². The lowest BCUT2D eigenvalue weighted by Crippen LogP contribution is -2.22. The molecule has 0 aliphatic carbocycles. The third kappa shape index (κ3) is 3.38. The molecule has 3 aromatic rings. The standard InChI is InChI=1S/C18H14ClNO2/c19-15-8-6-14(7-9-15)16-10-11-17(22-16)18(21)20-12-13-4-2-1-3-5-13/h1-11H,12H2,(H,20,21). The molecule has 1 amide bonds. The summed E-state index contributed by atoms with van der Waals surface area (Å²) < 4.78 is 5.60. The van der Waals surface area contributed by atoms with Crippen molar-refractivity contribution in [3.63, 3.8) is 0 Å². The Balaban J connectivity index is 1.68. The van der Waals surface area contributed by atoms with E-state index in [0.717, 1.165) is 11.1 Å². The molecule has 4 heteroatoms. The molecule has 1 heterocycles. The van der Waals surface area contributed by atoms with Crippen molar-refractivity contribution in [2.75, 3.05) is 0 Å². The molecule has 22 heavy (non-hydrogen) atoms. The summed E-state index contributed by atoms with van der Waals surface area (Å²) in [6, 6.07) is 20.5. The maximum atomic E-state index is 12.1. The Hall–Kier alpha value is -2.52. The van der Waals surface area contributed by atoms with Gasteiger partial charge in [-0.1, -0.05) is 41.9 Å². The molecular formula is C18H14ClNO2. The van der Waals surface area contributed by atoms with E-state index in [9.17, 15) is 4.79 Å². The van der Waals surface area contributed by atoms with Gasteiger partial charge in [-0.3, -0.25) is 4.79 Å². The molecule has 0 atom stereocenters. The minimum absolute atomic E-state index is 0.232. The molecule has 1 aromatic heterocycles. The second-order valence-corrected chi connectivity index (χ2v) is 5.28. The van der Waals surface area contributed by atoms with Crippen molar-refractivity contribution in [2.24, 2.45) is 0 Å². The number of hydrogen-bond donors (Lipinski definition) is 1. The van der Waals surface area contributed by atoms with E-state index in [1.165, 1.54) is 0 Å². The SMILES string of the molecule is O=C(NCc1ccccc1)c1ccc(-c2ccc(Cl)cc2)o1. The molecule has 0 aliphatic rings. The fraction of sp³-hybridized carbons (Fsp3) is 0.0556. The summed E-state index contributed by atoms with van der Waals surface area (Å²) in [5, 5.41) is 3.50. The molecule has 0 radical (unpaired) electrons. The van der Waals surface area contributed by atoms with Gasteiger partial charge in [-0.15, -0.1) is 0 Å². The number of nitrogens with one attached hydrogen (secondary N) is 1. The second kappa shape index (κ2) is 6.50. The minimum Gasteiger partial charge on any atom is -0.451 e. The van der Waals surface area contributed by atoms with Crippen molar-refractivity contribution < 1.29 is 9.21 Å². The fourth-order valence-electron chi connectivity index (χ4n) is 2.09. The molecular weight excluding hydrogens is 298 g/mol. The monoisotopic (exact) mass is 311 g/mol. The highest BCUT2D eigenvalue weighted by Crippen LogP contribution is 2.23. The Bertz CT molecular complexity index is 763. The first kappa shape index (κ1) is 14.4. The summed E-state index contributed by atoms with van der Waals surface area (Å²) in [6.45, 7) is 0.469. The minimum atomic E-state index is -0.232. The highest BCUT2D eigenvalue weighted by molar-refractivity contribution is 6.30. The van der Waals surface area contributed by atoms with E-state index >= 15 is 0 Å². The predicted octanol–water partition coefficient (Wildman–Crippen LogP) is 4.53. The molecule has 0 saturated carbocycles. The van der Waals surface area contributed by atoms with Gasteiger partial charge in [-0.2, -0.15) is 0 Å². The van der Waals surface area contributed by atoms with Gasteiger partial charge in [-0.05, 0) is 42.0 Å². The zero-order chi connectivity index (χ0) is 15.4. The lowest BCUT2D eigenvalue weighted by molar-refractivity contribution is 0.0924. The van der Waals surface area contributed by atoms with Gasteiger partial charge in [0, 0.05) is 17.1 Å². The Morgan fingerprint density at radius 1 is 0.955 bits per heavy atom. The van der Waals surface area contributed by atoms with Crippen molar-refractivity contribution in [3.8, 4) is 11.3 Å². The van der Waals surface area contributed by atoms with Gasteiger partial charge in [0.1, 0.15) is 5.76 Å². The first-order valence-corrected chi connectivity index (χ1v) is 7.28. The van der Waals surface area contributed by atoms with Gasteiger partial charge in [0.15, 0.2) is 5.76 Å². The van der Waals surface area contributed by atoms with Crippen molar-refractivity contribution in [2.45, 2.75) is 6.54 Å². The van der Waals surface area contributed by atoms with Gasteiger partial charge >= 0.3 is 0 Å². The van der Waals surface area contributed by atoms with Gasteiger partial charge in [0.2, 0.25) is 0 Å². The number of carbonyl (C=O) groups excluding carboxylic acids is 1. The second-order valence-electron chi connectivity index (χ2n) is 4.84. The van der Waals surface area contributed by atoms with Crippen molar-refractivity contribution in [3.05, 3.63) is 83.1 Å². The molecule has 0 fully saturated rings. The van der Waals surface area contributed by atoms with Gasteiger partial charge < -0.3 is 9.73 Å². The molecule has 1 N–H and O–H groups in total. The van der Waals surface area contributed by atoms with E-state index in [2.05, 4.69) is 5.32 Å². The molecule has 0 unspecified atom stereocenters. The largest absolute Gasteiger partial charge is 0.451 e. The third-order valence-corrected chi connectivity index (χ3v) is 3.51. The van der Waals surface area contributed by atoms with E-state index < -0.39 is 0 Å². The molecule has 3 nitrogen and oxygen atoms in total.